The molecule has 0 aliphatic carbocycles. The van der Waals surface area contributed by atoms with Crippen LogP contribution in [-0.4, -0.2) is 37.4 Å². The molecule has 7 heteroatoms. The van der Waals surface area contributed by atoms with Gasteiger partial charge in [0, 0.05) is 20.0 Å². The minimum atomic E-state index is -3.71. The first-order valence-electron chi connectivity index (χ1n) is 5.98. The quantitative estimate of drug-likeness (QED) is 0.854. The Morgan fingerprint density at radius 3 is 2.65 bits per heavy atom. The third-order valence-corrected chi connectivity index (χ3v) is 4.87. The molecule has 0 aliphatic rings. The van der Waals surface area contributed by atoms with E-state index in [2.05, 4.69) is 0 Å². The van der Waals surface area contributed by atoms with E-state index in [4.69, 9.17) is 10.4 Å². The molecule has 1 aromatic rings. The van der Waals surface area contributed by atoms with Crippen molar-refractivity contribution in [3.63, 3.8) is 0 Å². The second kappa shape index (κ2) is 6.50. The fourth-order valence-electron chi connectivity index (χ4n) is 1.69. The van der Waals surface area contributed by atoms with E-state index in [1.54, 1.807) is 19.1 Å². The van der Waals surface area contributed by atoms with Gasteiger partial charge in [-0.25, -0.2) is 12.7 Å². The van der Waals surface area contributed by atoms with Crippen molar-refractivity contribution in [1.82, 2.24) is 4.31 Å². The standard InChI is InChI=1S/C13H16N2O4S/c1-10-5-6-11(9-14)8-12(10)20(18,19)15(2)7-3-4-13(16)17/h5-6,8H,3-4,7H2,1-2H3,(H,16,17). The topological polar surface area (TPSA) is 98.5 Å². The zero-order valence-corrected chi connectivity index (χ0v) is 12.1. The van der Waals surface area contributed by atoms with Gasteiger partial charge in [-0.3, -0.25) is 4.79 Å². The number of benzene rings is 1. The molecule has 108 valence electrons. The Kier molecular flexibility index (Phi) is 5.25. The maximum absolute atomic E-state index is 12.4. The number of carboxylic acids is 1. The van der Waals surface area contributed by atoms with Crippen LogP contribution in [0.3, 0.4) is 0 Å². The van der Waals surface area contributed by atoms with E-state index in [0.717, 1.165) is 4.31 Å². The summed E-state index contributed by atoms with van der Waals surface area (Å²) in [6.07, 6.45) is 0.152. The van der Waals surface area contributed by atoms with Crippen LogP contribution in [0.5, 0.6) is 0 Å². The van der Waals surface area contributed by atoms with E-state index in [9.17, 15) is 13.2 Å². The first-order valence-corrected chi connectivity index (χ1v) is 7.42. The molecule has 0 amide bonds. The van der Waals surface area contributed by atoms with E-state index in [1.165, 1.54) is 13.1 Å². The van der Waals surface area contributed by atoms with Crippen LogP contribution in [-0.2, 0) is 14.8 Å². The van der Waals surface area contributed by atoms with Gasteiger partial charge in [0.15, 0.2) is 0 Å². The van der Waals surface area contributed by atoms with Crippen LogP contribution >= 0.6 is 0 Å². The monoisotopic (exact) mass is 296 g/mol. The summed E-state index contributed by atoms with van der Waals surface area (Å²) in [4.78, 5) is 10.5. The summed E-state index contributed by atoms with van der Waals surface area (Å²) < 4.78 is 25.8. The van der Waals surface area contributed by atoms with E-state index in [-0.39, 0.29) is 29.8 Å². The van der Waals surface area contributed by atoms with E-state index < -0.39 is 16.0 Å². The Morgan fingerprint density at radius 2 is 2.10 bits per heavy atom. The normalized spacial score (nSPS) is 11.3. The third kappa shape index (κ3) is 3.79. The van der Waals surface area contributed by atoms with Crippen molar-refractivity contribution in [3.8, 4) is 6.07 Å². The minimum absolute atomic E-state index is 0.0781. The zero-order chi connectivity index (χ0) is 15.3. The van der Waals surface area contributed by atoms with Crippen molar-refractivity contribution in [2.24, 2.45) is 0 Å². The van der Waals surface area contributed by atoms with Gasteiger partial charge in [0.05, 0.1) is 16.5 Å². The molecule has 0 fully saturated rings. The maximum Gasteiger partial charge on any atom is 0.303 e. The van der Waals surface area contributed by atoms with Crippen molar-refractivity contribution in [1.29, 1.82) is 5.26 Å². The van der Waals surface area contributed by atoms with E-state index >= 15 is 0 Å². The van der Waals surface area contributed by atoms with Gasteiger partial charge in [-0.1, -0.05) is 6.07 Å². The van der Waals surface area contributed by atoms with Gasteiger partial charge in [-0.2, -0.15) is 5.26 Å². The van der Waals surface area contributed by atoms with Crippen LogP contribution in [0.2, 0.25) is 0 Å². The molecule has 0 aliphatic heterocycles. The SMILES string of the molecule is Cc1ccc(C#N)cc1S(=O)(=O)N(C)CCCC(=O)O. The number of carboxylic acid groups (broad SMARTS) is 1. The lowest BCUT2D eigenvalue weighted by Crippen LogP contribution is -2.29. The van der Waals surface area contributed by atoms with Gasteiger partial charge in [0.2, 0.25) is 10.0 Å². The molecule has 0 unspecified atom stereocenters. The molecule has 6 nitrogen and oxygen atoms in total. The van der Waals surface area contributed by atoms with Crippen molar-refractivity contribution in [3.05, 3.63) is 29.3 Å². The Morgan fingerprint density at radius 1 is 1.45 bits per heavy atom. The first-order chi connectivity index (χ1) is 9.28. The Hall–Kier alpha value is -1.91. The van der Waals surface area contributed by atoms with Crippen LogP contribution in [0.25, 0.3) is 0 Å². The predicted molar refractivity (Wildman–Crippen MR) is 72.6 cm³/mol. The van der Waals surface area contributed by atoms with Gasteiger partial charge in [0.25, 0.3) is 0 Å². The van der Waals surface area contributed by atoms with Crippen molar-refractivity contribution < 1.29 is 18.3 Å². The number of nitrogens with zero attached hydrogens (tertiary/aromatic N) is 2. The summed E-state index contributed by atoms with van der Waals surface area (Å²) in [6, 6.07) is 6.37. The van der Waals surface area contributed by atoms with Crippen molar-refractivity contribution in [2.75, 3.05) is 13.6 Å². The highest BCUT2D eigenvalue weighted by atomic mass is 32.2. The highest BCUT2D eigenvalue weighted by Crippen LogP contribution is 2.20. The second-order valence-corrected chi connectivity index (χ2v) is 6.43. The number of aliphatic carboxylic acids is 1. The summed E-state index contributed by atoms with van der Waals surface area (Å²) in [5.74, 6) is -0.960. The molecule has 1 rings (SSSR count). The number of hydrogen-bond donors (Lipinski definition) is 1. The molecule has 0 aromatic heterocycles. The van der Waals surface area contributed by atoms with E-state index in [0.29, 0.717) is 5.56 Å². The lowest BCUT2D eigenvalue weighted by Gasteiger charge is -2.18. The van der Waals surface area contributed by atoms with Gasteiger partial charge >= 0.3 is 5.97 Å². The molecule has 0 atom stereocenters. The van der Waals surface area contributed by atoms with Gasteiger partial charge in [0.1, 0.15) is 0 Å². The average molecular weight is 296 g/mol. The van der Waals surface area contributed by atoms with Crippen LogP contribution in [0, 0.1) is 18.3 Å². The second-order valence-electron chi connectivity index (χ2n) is 4.42. The Labute approximate surface area is 118 Å². The molecule has 0 saturated heterocycles. The van der Waals surface area contributed by atoms with Gasteiger partial charge < -0.3 is 5.11 Å². The predicted octanol–water partition coefficient (Wildman–Crippen LogP) is 1.35. The van der Waals surface area contributed by atoms with Crippen molar-refractivity contribution >= 4 is 16.0 Å². The van der Waals surface area contributed by atoms with Crippen LogP contribution in [0.15, 0.2) is 23.1 Å². The molecule has 0 saturated carbocycles. The molecule has 20 heavy (non-hydrogen) atoms. The average Bonchev–Trinajstić information content (AvgIpc) is 2.38. The molecular formula is C13H16N2O4S. The van der Waals surface area contributed by atoms with Crippen LogP contribution in [0.4, 0.5) is 0 Å². The summed E-state index contributed by atoms with van der Waals surface area (Å²) in [5.41, 5.74) is 0.821. The summed E-state index contributed by atoms with van der Waals surface area (Å²) in [6.45, 7) is 1.77. The van der Waals surface area contributed by atoms with Crippen molar-refractivity contribution in [2.45, 2.75) is 24.7 Å². The maximum atomic E-state index is 12.4. The zero-order valence-electron chi connectivity index (χ0n) is 11.3. The first kappa shape index (κ1) is 16.1. The fraction of sp³-hybridized carbons (Fsp3) is 0.385. The fourth-order valence-corrected chi connectivity index (χ4v) is 3.14. The number of hydrogen-bond acceptors (Lipinski definition) is 4. The molecule has 0 heterocycles. The number of carbonyl (C=O) groups is 1. The number of nitriles is 1. The van der Waals surface area contributed by atoms with Crippen LogP contribution in [0.1, 0.15) is 24.0 Å². The smallest absolute Gasteiger partial charge is 0.303 e. The number of aryl methyl sites for hydroxylation is 1. The third-order valence-electron chi connectivity index (χ3n) is 2.87. The molecule has 0 bridgehead atoms. The van der Waals surface area contributed by atoms with Gasteiger partial charge in [-0.05, 0) is 31.0 Å². The Balaban J connectivity index is 2.98. The summed E-state index contributed by atoms with van der Waals surface area (Å²) in [5, 5.41) is 17.4. The lowest BCUT2D eigenvalue weighted by molar-refractivity contribution is -0.137. The summed E-state index contributed by atoms with van der Waals surface area (Å²) in [7, 11) is -2.31. The number of rotatable bonds is 6. The number of sulfonamides is 1. The lowest BCUT2D eigenvalue weighted by atomic mass is 10.2. The largest absolute Gasteiger partial charge is 0.481 e. The van der Waals surface area contributed by atoms with Crippen LogP contribution < -0.4 is 0 Å². The molecule has 1 N–H and O–H groups in total. The molecular weight excluding hydrogens is 280 g/mol. The summed E-state index contributed by atoms with van der Waals surface area (Å²) >= 11 is 0. The minimum Gasteiger partial charge on any atom is -0.481 e. The molecule has 0 spiro atoms. The Bertz CT molecular complexity index is 647. The van der Waals surface area contributed by atoms with Gasteiger partial charge in [-0.15, -0.1) is 0 Å². The van der Waals surface area contributed by atoms with E-state index in [1.807, 2.05) is 6.07 Å². The molecule has 0 radical (unpaired) electrons. The highest BCUT2D eigenvalue weighted by molar-refractivity contribution is 7.89. The highest BCUT2D eigenvalue weighted by Gasteiger charge is 2.23. The molecule has 1 aromatic carbocycles.